The van der Waals surface area contributed by atoms with Gasteiger partial charge in [0.1, 0.15) is 5.60 Å². The summed E-state index contributed by atoms with van der Waals surface area (Å²) in [5.41, 5.74) is -4.22. The van der Waals surface area contributed by atoms with E-state index in [0.717, 1.165) is 6.92 Å². The minimum atomic E-state index is -5.17. The molecule has 1 atom stereocenters. The summed E-state index contributed by atoms with van der Waals surface area (Å²) in [5.74, 6) is -3.48. The summed E-state index contributed by atoms with van der Waals surface area (Å²) in [7, 11) is 0. The van der Waals surface area contributed by atoms with Crippen molar-refractivity contribution in [1.29, 1.82) is 0 Å². The van der Waals surface area contributed by atoms with Crippen molar-refractivity contribution in [2.24, 2.45) is 0 Å². The maximum absolute atomic E-state index is 14.5. The Hall–Kier alpha value is -3.56. The Bertz CT molecular complexity index is 1280. The van der Waals surface area contributed by atoms with Crippen molar-refractivity contribution in [3.8, 4) is 0 Å². The lowest BCUT2D eigenvalue weighted by molar-refractivity contribution is -0.387. The number of nitro groups is 1. The quantitative estimate of drug-likeness (QED) is 0.0747. The zero-order valence-corrected chi connectivity index (χ0v) is 27.4. The van der Waals surface area contributed by atoms with Gasteiger partial charge in [-0.05, 0) is 74.3 Å². The van der Waals surface area contributed by atoms with Crippen LogP contribution < -0.4 is 0 Å². The van der Waals surface area contributed by atoms with Crippen LogP contribution in [0.25, 0.3) is 0 Å². The number of thioether (sulfide) groups is 1. The first kappa shape index (κ1) is 37.6. The van der Waals surface area contributed by atoms with Crippen LogP contribution >= 0.6 is 11.8 Å². The van der Waals surface area contributed by atoms with Gasteiger partial charge in [0.2, 0.25) is 4.75 Å². The second-order valence-corrected chi connectivity index (χ2v) is 13.2. The van der Waals surface area contributed by atoms with Crippen LogP contribution in [0, 0.1) is 10.1 Å². The molecule has 252 valence electrons. The molecule has 1 aromatic rings. The van der Waals surface area contributed by atoms with Gasteiger partial charge in [0.15, 0.2) is 0 Å². The number of hydrogen-bond acceptors (Lipinski definition) is 10. The maximum Gasteiger partial charge on any atom is 0.417 e. The molecule has 0 unspecified atom stereocenters. The average Bonchev–Trinajstić information content (AvgIpc) is 2.91. The summed E-state index contributed by atoms with van der Waals surface area (Å²) in [6.07, 6.45) is -5.01. The van der Waals surface area contributed by atoms with Gasteiger partial charge in [-0.25, -0.2) is 14.4 Å². The highest BCUT2D eigenvalue weighted by Gasteiger charge is 2.48. The van der Waals surface area contributed by atoms with Crippen LogP contribution in [-0.2, 0) is 30.0 Å². The molecule has 0 aromatic heterocycles. The number of rotatable bonds is 10. The maximum atomic E-state index is 14.5. The number of benzene rings is 1. The highest BCUT2D eigenvalue weighted by atomic mass is 32.2. The molecule has 0 bridgehead atoms. The second kappa shape index (κ2) is 14.7. The molecule has 45 heavy (non-hydrogen) atoms. The van der Waals surface area contributed by atoms with Crippen molar-refractivity contribution in [2.45, 2.75) is 102 Å². The monoisotopic (exact) mass is 663 g/mol. The van der Waals surface area contributed by atoms with Gasteiger partial charge in [-0.1, -0.05) is 11.8 Å². The van der Waals surface area contributed by atoms with Crippen molar-refractivity contribution in [2.75, 3.05) is 26.3 Å². The molecular formula is C29H40F3N3O9S. The number of esters is 2. The molecule has 16 heteroatoms. The van der Waals surface area contributed by atoms with E-state index in [1.54, 1.807) is 34.6 Å². The van der Waals surface area contributed by atoms with Crippen molar-refractivity contribution in [3.05, 3.63) is 33.4 Å². The Morgan fingerprint density at radius 3 is 2.07 bits per heavy atom. The molecule has 0 radical (unpaired) electrons. The highest BCUT2D eigenvalue weighted by molar-refractivity contribution is 8.02. The van der Waals surface area contributed by atoms with Gasteiger partial charge in [0, 0.05) is 25.2 Å². The molecule has 1 heterocycles. The fourth-order valence-corrected chi connectivity index (χ4v) is 5.90. The van der Waals surface area contributed by atoms with Crippen molar-refractivity contribution < 1.29 is 51.5 Å². The number of piperidine rings is 1. The fourth-order valence-electron chi connectivity index (χ4n) is 4.76. The van der Waals surface area contributed by atoms with Gasteiger partial charge in [-0.15, -0.1) is 0 Å². The fraction of sp³-hybridized carbons (Fsp3) is 0.655. The first-order valence-electron chi connectivity index (χ1n) is 14.4. The molecule has 0 N–H and O–H groups in total. The lowest BCUT2D eigenvalue weighted by Crippen LogP contribution is -2.54. The standard InChI is InChI=1S/C29H40F3N3O9S/c1-9-42-24(37)28(8,25(38)43-10-2)45-22-15-20(29(30,31)32)19(14-21(22)35(40)41)23(36)34(17(3)4)18-12-11-13-33(16-18)26(39)44-27(5,6)7/h14-15,17-18H,9-13,16H2,1-8H3/t18-/m1/s1. The third-order valence-electron chi connectivity index (χ3n) is 6.71. The van der Waals surface area contributed by atoms with Crippen LogP contribution in [0.2, 0.25) is 0 Å². The van der Waals surface area contributed by atoms with Gasteiger partial charge in [-0.2, -0.15) is 13.2 Å². The number of nitro benzene ring substituents is 1. The smallest absolute Gasteiger partial charge is 0.417 e. The van der Waals surface area contributed by atoms with E-state index in [2.05, 4.69) is 0 Å². The van der Waals surface area contributed by atoms with Gasteiger partial charge in [0.25, 0.3) is 11.6 Å². The molecule has 1 aromatic carbocycles. The number of nitrogens with zero attached hydrogens (tertiary/aromatic N) is 3. The molecule has 0 saturated carbocycles. The van der Waals surface area contributed by atoms with Gasteiger partial charge in [-0.3, -0.25) is 14.9 Å². The molecule has 2 amide bonds. The molecule has 12 nitrogen and oxygen atoms in total. The Morgan fingerprint density at radius 2 is 1.62 bits per heavy atom. The van der Waals surface area contributed by atoms with Crippen LogP contribution in [0.3, 0.4) is 0 Å². The summed E-state index contributed by atoms with van der Waals surface area (Å²) < 4.78 is 56.6. The third kappa shape index (κ3) is 9.23. The number of alkyl halides is 3. The van der Waals surface area contributed by atoms with E-state index in [0.29, 0.717) is 31.5 Å². The Kier molecular flexibility index (Phi) is 12.3. The normalized spacial score (nSPS) is 15.8. The average molecular weight is 664 g/mol. The van der Waals surface area contributed by atoms with Crippen LogP contribution in [-0.4, -0.2) is 87.4 Å². The summed E-state index contributed by atoms with van der Waals surface area (Å²) in [6, 6.07) is -0.484. The zero-order chi connectivity index (χ0) is 34.5. The molecule has 2 rings (SSSR count). The van der Waals surface area contributed by atoms with Crippen LogP contribution in [0.5, 0.6) is 0 Å². The van der Waals surface area contributed by atoms with Gasteiger partial charge >= 0.3 is 24.2 Å². The number of likely N-dealkylation sites (tertiary alicyclic amines) is 1. The second-order valence-electron chi connectivity index (χ2n) is 11.7. The lowest BCUT2D eigenvalue weighted by atomic mass is 9.99. The van der Waals surface area contributed by atoms with Crippen molar-refractivity contribution >= 4 is 41.4 Å². The number of carbonyl (C=O) groups excluding carboxylic acids is 4. The van der Waals surface area contributed by atoms with Gasteiger partial charge < -0.3 is 24.0 Å². The molecular weight excluding hydrogens is 623 g/mol. The minimum absolute atomic E-state index is 0.0202. The molecule has 0 spiro atoms. The van der Waals surface area contributed by atoms with E-state index >= 15 is 0 Å². The van der Waals surface area contributed by atoms with E-state index in [4.69, 9.17) is 14.2 Å². The number of amides is 2. The SMILES string of the molecule is CCOC(=O)C(C)(Sc1cc(C(F)(F)F)c(C(=O)N(C(C)C)[C@@H]2CCCN(C(=O)OC(C)(C)C)C2)cc1[N+](=O)[O-])C(=O)OCC. The molecule has 0 aliphatic carbocycles. The largest absolute Gasteiger partial charge is 0.465 e. The summed E-state index contributed by atoms with van der Waals surface area (Å²) in [6.45, 7) is 12.1. The van der Waals surface area contributed by atoms with Crippen LogP contribution in [0.15, 0.2) is 17.0 Å². The topological polar surface area (TPSA) is 146 Å². The van der Waals surface area contributed by atoms with Crippen LogP contribution in [0.1, 0.15) is 84.2 Å². The van der Waals surface area contributed by atoms with E-state index in [1.165, 1.54) is 23.6 Å². The number of halogens is 3. The van der Waals surface area contributed by atoms with Crippen molar-refractivity contribution in [1.82, 2.24) is 9.80 Å². The molecule has 1 fully saturated rings. The zero-order valence-electron chi connectivity index (χ0n) is 26.6. The Labute approximate surface area is 264 Å². The third-order valence-corrected chi connectivity index (χ3v) is 8.00. The molecule has 1 aliphatic heterocycles. The van der Waals surface area contributed by atoms with Crippen molar-refractivity contribution in [3.63, 3.8) is 0 Å². The van der Waals surface area contributed by atoms with Crippen LogP contribution in [0.4, 0.5) is 23.7 Å². The van der Waals surface area contributed by atoms with E-state index < -0.39 is 79.2 Å². The summed E-state index contributed by atoms with van der Waals surface area (Å²) in [5, 5.41) is 12.2. The Morgan fingerprint density at radius 1 is 1.07 bits per heavy atom. The van der Waals surface area contributed by atoms with E-state index in [9.17, 15) is 42.5 Å². The first-order chi connectivity index (χ1) is 20.7. The minimum Gasteiger partial charge on any atom is -0.465 e. The predicted octanol–water partition coefficient (Wildman–Crippen LogP) is 5.84. The summed E-state index contributed by atoms with van der Waals surface area (Å²) >= 11 is 0.170. The Balaban J connectivity index is 2.67. The molecule has 1 aliphatic rings. The summed E-state index contributed by atoms with van der Waals surface area (Å²) in [4.78, 5) is 65.3. The first-order valence-corrected chi connectivity index (χ1v) is 15.2. The number of hydrogen-bond donors (Lipinski definition) is 0. The highest BCUT2D eigenvalue weighted by Crippen LogP contribution is 2.45. The lowest BCUT2D eigenvalue weighted by Gasteiger charge is -2.41. The van der Waals surface area contributed by atoms with E-state index in [-0.39, 0.29) is 31.5 Å². The van der Waals surface area contributed by atoms with E-state index in [1.807, 2.05) is 0 Å². The molecule has 1 saturated heterocycles. The number of ether oxygens (including phenoxy) is 3. The number of carbonyl (C=O) groups is 4. The van der Waals surface area contributed by atoms with Gasteiger partial charge in [0.05, 0.1) is 40.2 Å². The predicted molar refractivity (Wildman–Crippen MR) is 158 cm³/mol.